The molecular weight excluding hydrogens is 192 g/mol. The topological polar surface area (TPSA) is 82.2 Å². The molecule has 1 aromatic carbocycles. The maximum absolute atomic E-state index is 11.0. The van der Waals surface area contributed by atoms with E-state index < -0.39 is 0 Å². The molecule has 5 heteroatoms. The van der Waals surface area contributed by atoms with Gasteiger partial charge >= 0.3 is 0 Å². The Bertz CT molecular complexity index is 397. The van der Waals surface area contributed by atoms with Crippen molar-refractivity contribution in [3.05, 3.63) is 29.8 Å². The quantitative estimate of drug-likeness (QED) is 0.412. The Morgan fingerprint density at radius 3 is 3.00 bits per heavy atom. The van der Waals surface area contributed by atoms with Crippen molar-refractivity contribution < 1.29 is 4.79 Å². The van der Waals surface area contributed by atoms with Crippen molar-refractivity contribution in [1.82, 2.24) is 5.43 Å². The van der Waals surface area contributed by atoms with Gasteiger partial charge < -0.3 is 4.90 Å². The van der Waals surface area contributed by atoms with Crippen LogP contribution in [0, 0.1) is 11.3 Å². The summed E-state index contributed by atoms with van der Waals surface area (Å²) in [5, 5.41) is 8.70. The Kier molecular flexibility index (Phi) is 3.66. The van der Waals surface area contributed by atoms with E-state index in [4.69, 9.17) is 11.1 Å². The molecule has 0 saturated heterocycles. The fraction of sp³-hybridized carbons (Fsp3) is 0.200. The van der Waals surface area contributed by atoms with Gasteiger partial charge in [0.1, 0.15) is 0 Å². The van der Waals surface area contributed by atoms with Gasteiger partial charge in [-0.1, -0.05) is 6.07 Å². The minimum absolute atomic E-state index is 0.158. The van der Waals surface area contributed by atoms with E-state index in [2.05, 4.69) is 0 Å². The van der Waals surface area contributed by atoms with Crippen LogP contribution in [0.1, 0.15) is 5.56 Å². The molecule has 3 N–H and O–H groups in total. The lowest BCUT2D eigenvalue weighted by Gasteiger charge is -2.17. The first-order valence-corrected chi connectivity index (χ1v) is 4.38. The van der Waals surface area contributed by atoms with E-state index >= 15 is 0 Å². The molecule has 0 unspecified atom stereocenters. The summed E-state index contributed by atoms with van der Waals surface area (Å²) in [6.45, 7) is 0.158. The summed E-state index contributed by atoms with van der Waals surface area (Å²) in [5.41, 5.74) is 3.41. The summed E-state index contributed by atoms with van der Waals surface area (Å²) in [5.74, 6) is 4.70. The standard InChI is InChI=1S/C10H12N4O/c1-14(7-10(15)13-12)9-4-2-3-8(5-9)6-11/h2-5H,7,12H2,1H3,(H,13,15). The van der Waals surface area contributed by atoms with Crippen molar-refractivity contribution in [2.75, 3.05) is 18.5 Å². The van der Waals surface area contributed by atoms with Crippen LogP contribution in [0.5, 0.6) is 0 Å². The van der Waals surface area contributed by atoms with Crippen LogP contribution in [0.15, 0.2) is 24.3 Å². The molecule has 0 bridgehead atoms. The van der Waals surface area contributed by atoms with Gasteiger partial charge in [0, 0.05) is 12.7 Å². The van der Waals surface area contributed by atoms with E-state index in [0.29, 0.717) is 5.56 Å². The van der Waals surface area contributed by atoms with Crippen molar-refractivity contribution in [3.63, 3.8) is 0 Å². The second-order valence-corrected chi connectivity index (χ2v) is 3.09. The lowest BCUT2D eigenvalue weighted by molar-refractivity contribution is -0.119. The molecule has 1 aromatic rings. The fourth-order valence-electron chi connectivity index (χ4n) is 1.17. The normalized spacial score (nSPS) is 9.13. The van der Waals surface area contributed by atoms with Crippen LogP contribution in [0.4, 0.5) is 5.69 Å². The predicted octanol–water partition coefficient (Wildman–Crippen LogP) is -0.0156. The highest BCUT2D eigenvalue weighted by Crippen LogP contribution is 2.13. The molecule has 0 aliphatic carbocycles. The number of benzene rings is 1. The molecule has 5 nitrogen and oxygen atoms in total. The van der Waals surface area contributed by atoms with Crippen molar-refractivity contribution in [3.8, 4) is 6.07 Å². The molecule has 1 amide bonds. The van der Waals surface area contributed by atoms with Crippen LogP contribution in [0.2, 0.25) is 0 Å². The first-order valence-electron chi connectivity index (χ1n) is 4.38. The first-order chi connectivity index (χ1) is 7.17. The summed E-state index contributed by atoms with van der Waals surface area (Å²) in [7, 11) is 1.76. The molecule has 15 heavy (non-hydrogen) atoms. The number of hydrazine groups is 1. The number of nitrogens with two attached hydrogens (primary N) is 1. The van der Waals surface area contributed by atoms with Crippen LogP contribution in [0.3, 0.4) is 0 Å². The molecule has 0 heterocycles. The van der Waals surface area contributed by atoms with E-state index in [1.165, 1.54) is 0 Å². The molecule has 0 saturated carbocycles. The van der Waals surface area contributed by atoms with Crippen molar-refractivity contribution in [2.24, 2.45) is 5.84 Å². The van der Waals surface area contributed by atoms with Gasteiger partial charge in [-0.25, -0.2) is 5.84 Å². The van der Waals surface area contributed by atoms with Crippen molar-refractivity contribution >= 4 is 11.6 Å². The Balaban J connectivity index is 2.78. The molecule has 0 fully saturated rings. The van der Waals surface area contributed by atoms with E-state index in [1.54, 1.807) is 30.1 Å². The number of carbonyl (C=O) groups excluding carboxylic acids is 1. The molecule has 0 aromatic heterocycles. The van der Waals surface area contributed by atoms with Crippen LogP contribution < -0.4 is 16.2 Å². The van der Waals surface area contributed by atoms with Gasteiger partial charge in [0.15, 0.2) is 0 Å². The van der Waals surface area contributed by atoms with Crippen LogP contribution in [-0.2, 0) is 4.79 Å². The third kappa shape index (κ3) is 2.97. The Hall–Kier alpha value is -2.06. The molecule has 1 rings (SSSR count). The highest BCUT2D eigenvalue weighted by Gasteiger charge is 2.06. The zero-order chi connectivity index (χ0) is 11.3. The largest absolute Gasteiger partial charge is 0.365 e. The summed E-state index contributed by atoms with van der Waals surface area (Å²) in [4.78, 5) is 12.7. The smallest absolute Gasteiger partial charge is 0.253 e. The van der Waals surface area contributed by atoms with Gasteiger partial charge in [0.05, 0.1) is 18.2 Å². The molecular formula is C10H12N4O. The SMILES string of the molecule is CN(CC(=O)NN)c1cccc(C#N)c1. The third-order valence-electron chi connectivity index (χ3n) is 1.96. The Labute approximate surface area is 88.1 Å². The lowest BCUT2D eigenvalue weighted by Crippen LogP contribution is -2.38. The number of hydrogen-bond donors (Lipinski definition) is 2. The zero-order valence-electron chi connectivity index (χ0n) is 8.40. The minimum Gasteiger partial charge on any atom is -0.365 e. The van der Waals surface area contributed by atoms with E-state index in [1.807, 2.05) is 17.6 Å². The number of hydrogen-bond acceptors (Lipinski definition) is 4. The van der Waals surface area contributed by atoms with Gasteiger partial charge in [-0.3, -0.25) is 10.2 Å². The number of nitriles is 1. The second-order valence-electron chi connectivity index (χ2n) is 3.09. The molecule has 0 radical (unpaired) electrons. The average Bonchev–Trinajstić information content (AvgIpc) is 2.28. The number of carbonyl (C=O) groups is 1. The molecule has 0 aliphatic rings. The van der Waals surface area contributed by atoms with Crippen molar-refractivity contribution in [1.29, 1.82) is 5.26 Å². The molecule has 0 atom stereocenters. The molecule has 0 spiro atoms. The summed E-state index contributed by atoms with van der Waals surface area (Å²) >= 11 is 0. The predicted molar refractivity (Wildman–Crippen MR) is 56.8 cm³/mol. The van der Waals surface area contributed by atoms with Gasteiger partial charge in [-0.05, 0) is 18.2 Å². The van der Waals surface area contributed by atoms with E-state index in [-0.39, 0.29) is 12.5 Å². The first kappa shape index (κ1) is 11.0. The number of amides is 1. The van der Waals surface area contributed by atoms with Gasteiger partial charge in [0.2, 0.25) is 0 Å². The maximum Gasteiger partial charge on any atom is 0.253 e. The minimum atomic E-state index is -0.278. The summed E-state index contributed by atoms with van der Waals surface area (Å²) < 4.78 is 0. The Morgan fingerprint density at radius 2 is 2.40 bits per heavy atom. The average molecular weight is 204 g/mol. The van der Waals surface area contributed by atoms with E-state index in [0.717, 1.165) is 5.69 Å². The van der Waals surface area contributed by atoms with Crippen molar-refractivity contribution in [2.45, 2.75) is 0 Å². The maximum atomic E-state index is 11.0. The van der Waals surface area contributed by atoms with Crippen LogP contribution in [-0.4, -0.2) is 19.5 Å². The summed E-state index contributed by atoms with van der Waals surface area (Å²) in [6.07, 6.45) is 0. The summed E-state index contributed by atoms with van der Waals surface area (Å²) in [6, 6.07) is 9.05. The number of rotatable bonds is 3. The zero-order valence-corrected chi connectivity index (χ0v) is 8.40. The fourth-order valence-corrected chi connectivity index (χ4v) is 1.17. The highest BCUT2D eigenvalue weighted by molar-refractivity contribution is 5.80. The number of anilines is 1. The Morgan fingerprint density at radius 1 is 1.67 bits per heavy atom. The molecule has 78 valence electrons. The monoisotopic (exact) mass is 204 g/mol. The number of nitrogens with zero attached hydrogens (tertiary/aromatic N) is 2. The highest BCUT2D eigenvalue weighted by atomic mass is 16.2. The number of nitrogens with one attached hydrogen (secondary N) is 1. The van der Waals surface area contributed by atoms with E-state index in [9.17, 15) is 4.79 Å². The van der Waals surface area contributed by atoms with Crippen LogP contribution >= 0.6 is 0 Å². The third-order valence-corrected chi connectivity index (χ3v) is 1.96. The van der Waals surface area contributed by atoms with Gasteiger partial charge in [-0.15, -0.1) is 0 Å². The second kappa shape index (κ2) is 4.98. The lowest BCUT2D eigenvalue weighted by atomic mass is 10.2. The molecule has 0 aliphatic heterocycles. The number of likely N-dealkylation sites (N-methyl/N-ethyl adjacent to an activating group) is 1. The van der Waals surface area contributed by atoms with Gasteiger partial charge in [-0.2, -0.15) is 5.26 Å². The van der Waals surface area contributed by atoms with Gasteiger partial charge in [0.25, 0.3) is 5.91 Å². The van der Waals surface area contributed by atoms with Crippen LogP contribution in [0.25, 0.3) is 0 Å².